The number of likely N-dealkylation sites (N-methyl/N-ethyl adjacent to an activating group) is 1. The monoisotopic (exact) mass is 280 g/mol. The molecule has 2 heteroatoms. The fraction of sp³-hybridized carbons (Fsp3) is 0.368. The molecule has 1 aliphatic carbocycles. The van der Waals surface area contributed by atoms with Gasteiger partial charge in [0.05, 0.1) is 6.04 Å². The number of benzene rings is 2. The van der Waals surface area contributed by atoms with Crippen LogP contribution in [0.25, 0.3) is 0 Å². The first kappa shape index (κ1) is 14.2. The molecule has 0 bridgehead atoms. The summed E-state index contributed by atoms with van der Waals surface area (Å²) in [7, 11) is 2.14. The first-order valence-corrected chi connectivity index (χ1v) is 7.79. The third-order valence-electron chi connectivity index (χ3n) is 4.50. The summed E-state index contributed by atoms with van der Waals surface area (Å²) >= 11 is 0. The van der Waals surface area contributed by atoms with Gasteiger partial charge in [-0.25, -0.2) is 0 Å². The lowest BCUT2D eigenvalue weighted by molar-refractivity contribution is 0.672. The fourth-order valence-corrected chi connectivity index (χ4v) is 3.03. The second-order valence-corrected chi connectivity index (χ2v) is 6.10. The molecule has 1 saturated carbocycles. The number of rotatable bonds is 5. The minimum absolute atomic E-state index is 0.240. The normalized spacial score (nSPS) is 15.8. The average Bonchev–Trinajstić information content (AvgIpc) is 3.34. The molecule has 0 aliphatic heterocycles. The zero-order valence-electron chi connectivity index (χ0n) is 12.9. The Balaban J connectivity index is 1.92. The van der Waals surface area contributed by atoms with Crippen LogP contribution in [0, 0.1) is 6.92 Å². The number of aryl methyl sites for hydroxylation is 1. The van der Waals surface area contributed by atoms with Crippen molar-refractivity contribution in [2.24, 2.45) is 5.73 Å². The third-order valence-corrected chi connectivity index (χ3v) is 4.50. The van der Waals surface area contributed by atoms with Crippen molar-refractivity contribution in [1.82, 2.24) is 0 Å². The smallest absolute Gasteiger partial charge is 0.0664 e. The van der Waals surface area contributed by atoms with Crippen molar-refractivity contribution < 1.29 is 0 Å². The molecule has 0 amide bonds. The summed E-state index contributed by atoms with van der Waals surface area (Å²) in [5.41, 5.74) is 11.5. The first-order valence-electron chi connectivity index (χ1n) is 7.79. The molecular weight excluding hydrogens is 256 g/mol. The van der Waals surface area contributed by atoms with Crippen LogP contribution in [0.5, 0.6) is 0 Å². The Morgan fingerprint density at radius 3 is 2.38 bits per heavy atom. The summed E-state index contributed by atoms with van der Waals surface area (Å²) in [6, 6.07) is 17.7. The van der Waals surface area contributed by atoms with Crippen LogP contribution in [0.15, 0.2) is 48.5 Å². The van der Waals surface area contributed by atoms with Gasteiger partial charge < -0.3 is 10.6 Å². The fourth-order valence-electron chi connectivity index (χ4n) is 3.03. The van der Waals surface area contributed by atoms with E-state index in [9.17, 15) is 0 Å². The van der Waals surface area contributed by atoms with Crippen molar-refractivity contribution in [3.8, 4) is 0 Å². The van der Waals surface area contributed by atoms with Gasteiger partial charge in [0.2, 0.25) is 0 Å². The van der Waals surface area contributed by atoms with Crippen molar-refractivity contribution in [1.29, 1.82) is 0 Å². The van der Waals surface area contributed by atoms with Crippen LogP contribution in [-0.2, 0) is 0 Å². The second kappa shape index (κ2) is 5.90. The Labute approximate surface area is 127 Å². The molecule has 1 unspecified atom stereocenters. The van der Waals surface area contributed by atoms with Crippen LogP contribution in [0.1, 0.15) is 41.5 Å². The molecule has 1 fully saturated rings. The van der Waals surface area contributed by atoms with Gasteiger partial charge in [-0.1, -0.05) is 42.0 Å². The van der Waals surface area contributed by atoms with Crippen LogP contribution < -0.4 is 10.6 Å². The molecule has 21 heavy (non-hydrogen) atoms. The maximum atomic E-state index is 6.12. The second-order valence-electron chi connectivity index (χ2n) is 6.10. The minimum Gasteiger partial charge on any atom is -0.366 e. The molecule has 0 aromatic heterocycles. The molecule has 3 rings (SSSR count). The number of anilines is 1. The molecule has 1 atom stereocenters. The van der Waals surface area contributed by atoms with Crippen LogP contribution in [-0.4, -0.2) is 13.6 Å². The van der Waals surface area contributed by atoms with Gasteiger partial charge in [-0.2, -0.15) is 0 Å². The predicted molar refractivity (Wildman–Crippen MR) is 89.8 cm³/mol. The Hall–Kier alpha value is -1.80. The quantitative estimate of drug-likeness (QED) is 0.896. The molecule has 0 heterocycles. The molecule has 0 radical (unpaired) electrons. The van der Waals surface area contributed by atoms with E-state index in [2.05, 4.69) is 67.4 Å². The van der Waals surface area contributed by atoms with Gasteiger partial charge >= 0.3 is 0 Å². The summed E-state index contributed by atoms with van der Waals surface area (Å²) in [5.74, 6) is 0.752. The van der Waals surface area contributed by atoms with Crippen molar-refractivity contribution in [2.75, 3.05) is 18.5 Å². The Bertz CT molecular complexity index is 599. The molecule has 2 nitrogen and oxygen atoms in total. The first-order chi connectivity index (χ1) is 10.2. The number of hydrogen-bond donors (Lipinski definition) is 1. The molecule has 2 aromatic rings. The topological polar surface area (TPSA) is 29.3 Å². The summed E-state index contributed by atoms with van der Waals surface area (Å²) < 4.78 is 0. The molecule has 0 saturated heterocycles. The summed E-state index contributed by atoms with van der Waals surface area (Å²) in [4.78, 5) is 2.31. The molecule has 2 aromatic carbocycles. The Morgan fingerprint density at radius 2 is 1.76 bits per heavy atom. The molecular formula is C19H24N2. The van der Waals surface area contributed by atoms with E-state index in [1.165, 1.54) is 35.2 Å². The SMILES string of the molecule is Cc1ccc(N(C)C(CN)c2ccccc2C2CC2)cc1. The van der Waals surface area contributed by atoms with Gasteiger partial charge in [-0.3, -0.25) is 0 Å². The highest BCUT2D eigenvalue weighted by Crippen LogP contribution is 2.43. The average molecular weight is 280 g/mol. The lowest BCUT2D eigenvalue weighted by atomic mass is 9.96. The molecule has 2 N–H and O–H groups in total. The van der Waals surface area contributed by atoms with Gasteiger partial charge in [0.15, 0.2) is 0 Å². The van der Waals surface area contributed by atoms with Gasteiger partial charge in [0.1, 0.15) is 0 Å². The van der Waals surface area contributed by atoms with Crippen molar-refractivity contribution in [3.05, 3.63) is 65.2 Å². The number of nitrogens with zero attached hydrogens (tertiary/aromatic N) is 1. The van der Waals surface area contributed by atoms with E-state index in [1.807, 2.05) is 0 Å². The number of hydrogen-bond acceptors (Lipinski definition) is 2. The van der Waals surface area contributed by atoms with Crippen LogP contribution >= 0.6 is 0 Å². The molecule has 110 valence electrons. The van der Waals surface area contributed by atoms with E-state index in [0.717, 1.165) is 5.92 Å². The standard InChI is InChI=1S/C19H24N2/c1-14-7-11-16(12-8-14)21(2)19(13-20)18-6-4-3-5-17(18)15-9-10-15/h3-8,11-12,15,19H,9-10,13,20H2,1-2H3. The summed E-state index contributed by atoms with van der Waals surface area (Å²) in [6.45, 7) is 2.75. The lowest BCUT2D eigenvalue weighted by Crippen LogP contribution is -2.31. The maximum absolute atomic E-state index is 6.12. The van der Waals surface area contributed by atoms with Gasteiger partial charge in [-0.05, 0) is 48.9 Å². The lowest BCUT2D eigenvalue weighted by Gasteiger charge is -2.31. The maximum Gasteiger partial charge on any atom is 0.0664 e. The molecule has 1 aliphatic rings. The van der Waals surface area contributed by atoms with E-state index in [4.69, 9.17) is 5.73 Å². The van der Waals surface area contributed by atoms with E-state index in [0.29, 0.717) is 6.54 Å². The summed E-state index contributed by atoms with van der Waals surface area (Å²) in [5, 5.41) is 0. The Kier molecular flexibility index (Phi) is 3.98. The van der Waals surface area contributed by atoms with E-state index < -0.39 is 0 Å². The van der Waals surface area contributed by atoms with Gasteiger partial charge in [-0.15, -0.1) is 0 Å². The summed E-state index contributed by atoms with van der Waals surface area (Å²) in [6.07, 6.45) is 2.64. The van der Waals surface area contributed by atoms with Gasteiger partial charge in [0.25, 0.3) is 0 Å². The highest BCUT2D eigenvalue weighted by Gasteiger charge is 2.29. The third kappa shape index (κ3) is 2.96. The largest absolute Gasteiger partial charge is 0.366 e. The van der Waals surface area contributed by atoms with Crippen LogP contribution in [0.3, 0.4) is 0 Å². The van der Waals surface area contributed by atoms with Gasteiger partial charge in [0, 0.05) is 19.3 Å². The number of nitrogens with two attached hydrogens (primary N) is 1. The van der Waals surface area contributed by atoms with Crippen molar-refractivity contribution in [2.45, 2.75) is 31.7 Å². The van der Waals surface area contributed by atoms with Crippen molar-refractivity contribution in [3.63, 3.8) is 0 Å². The highest BCUT2D eigenvalue weighted by molar-refractivity contribution is 5.50. The van der Waals surface area contributed by atoms with Crippen LogP contribution in [0.2, 0.25) is 0 Å². The van der Waals surface area contributed by atoms with Crippen LogP contribution in [0.4, 0.5) is 5.69 Å². The zero-order valence-corrected chi connectivity index (χ0v) is 12.9. The van der Waals surface area contributed by atoms with E-state index in [1.54, 1.807) is 0 Å². The minimum atomic E-state index is 0.240. The Morgan fingerprint density at radius 1 is 1.10 bits per heavy atom. The van der Waals surface area contributed by atoms with E-state index in [-0.39, 0.29) is 6.04 Å². The molecule has 0 spiro atoms. The highest BCUT2D eigenvalue weighted by atomic mass is 15.1. The van der Waals surface area contributed by atoms with E-state index >= 15 is 0 Å². The zero-order chi connectivity index (χ0) is 14.8. The van der Waals surface area contributed by atoms with Crippen molar-refractivity contribution >= 4 is 5.69 Å². The predicted octanol–water partition coefficient (Wildman–Crippen LogP) is 4.01.